The Bertz CT molecular complexity index is 1570. The number of ether oxygens (including phenoxy) is 1. The molecule has 34 heavy (non-hydrogen) atoms. The number of aryl methyl sites for hydroxylation is 1. The smallest absolute Gasteiger partial charge is 0.210 e. The molecule has 0 saturated carbocycles. The first-order valence-corrected chi connectivity index (χ1v) is 10.8. The molecule has 0 radical (unpaired) electrons. The number of nitrogens with zero attached hydrogens (tertiary/aromatic N) is 9. The Hall–Kier alpha value is -4.17. The molecule has 0 unspecified atom stereocenters. The second-order valence-corrected chi connectivity index (χ2v) is 9.10. The molecule has 0 saturated heterocycles. The van der Waals surface area contributed by atoms with Crippen molar-refractivity contribution in [3.8, 4) is 17.6 Å². The summed E-state index contributed by atoms with van der Waals surface area (Å²) in [5.41, 5.74) is 2.51. The first-order chi connectivity index (χ1) is 16.3. The van der Waals surface area contributed by atoms with E-state index in [2.05, 4.69) is 57.3 Å². The Morgan fingerprint density at radius 3 is 2.79 bits per heavy atom. The number of nitrogens with one attached hydrogen (secondary N) is 1. The number of imidazole rings is 1. The van der Waals surface area contributed by atoms with Gasteiger partial charge in [0.25, 0.3) is 0 Å². The van der Waals surface area contributed by atoms with E-state index in [4.69, 9.17) is 21.6 Å². The molecule has 0 amide bonds. The maximum Gasteiger partial charge on any atom is 0.210 e. The SMILES string of the molecule is Cn1c(Nc2cc(C(C)(C)C)n(CC#N)n2)nc2ncc(Oc3cnn4ccncc34)c(Cl)c21. The van der Waals surface area contributed by atoms with Crippen molar-refractivity contribution in [3.63, 3.8) is 0 Å². The fourth-order valence-electron chi connectivity index (χ4n) is 3.69. The van der Waals surface area contributed by atoms with E-state index in [9.17, 15) is 0 Å². The second-order valence-electron chi connectivity index (χ2n) is 8.73. The van der Waals surface area contributed by atoms with E-state index in [0.29, 0.717) is 45.0 Å². The molecule has 11 nitrogen and oxygen atoms in total. The van der Waals surface area contributed by atoms with Gasteiger partial charge in [-0.25, -0.2) is 9.50 Å². The molecule has 0 aliphatic rings. The van der Waals surface area contributed by atoms with Gasteiger partial charge in [-0.1, -0.05) is 32.4 Å². The van der Waals surface area contributed by atoms with E-state index in [0.717, 1.165) is 5.69 Å². The van der Waals surface area contributed by atoms with Crippen LogP contribution in [0.15, 0.2) is 37.1 Å². The highest BCUT2D eigenvalue weighted by Gasteiger charge is 2.23. The minimum atomic E-state index is -0.180. The van der Waals surface area contributed by atoms with Crippen molar-refractivity contribution in [2.45, 2.75) is 32.7 Å². The lowest BCUT2D eigenvalue weighted by molar-refractivity contribution is 0.486. The number of halogens is 1. The van der Waals surface area contributed by atoms with E-state index < -0.39 is 0 Å². The molecule has 5 aromatic rings. The summed E-state index contributed by atoms with van der Waals surface area (Å²) in [5, 5.41) is 21.5. The van der Waals surface area contributed by atoms with Gasteiger partial charge in [-0.05, 0) is 0 Å². The topological polar surface area (TPSA) is 124 Å². The van der Waals surface area contributed by atoms with Crippen molar-refractivity contribution >= 4 is 40.0 Å². The number of hydrogen-bond donors (Lipinski definition) is 1. The molecule has 0 aliphatic heterocycles. The maximum atomic E-state index is 9.16. The van der Waals surface area contributed by atoms with Gasteiger partial charge in [0.05, 0.1) is 24.7 Å². The van der Waals surface area contributed by atoms with Crippen LogP contribution in [0.4, 0.5) is 11.8 Å². The standard InChI is InChI=1S/C22H21ClN10O/c1-22(2,3)16-9-17(30-33(16)7-5-24)28-21-29-20-19(31(21)4)18(23)15(11-26-20)34-14-12-27-32-8-6-25-10-13(14)32/h6,8-12H,7H2,1-4H3,(H,26,28,29,30). The highest BCUT2D eigenvalue weighted by Crippen LogP contribution is 2.36. The van der Waals surface area contributed by atoms with Crippen molar-refractivity contribution < 1.29 is 4.74 Å². The fourth-order valence-corrected chi connectivity index (χ4v) is 3.99. The largest absolute Gasteiger partial charge is 0.450 e. The first-order valence-electron chi connectivity index (χ1n) is 10.4. The molecule has 12 heteroatoms. The Morgan fingerprint density at radius 2 is 2.03 bits per heavy atom. The lowest BCUT2D eigenvalue weighted by atomic mass is 9.92. The van der Waals surface area contributed by atoms with Gasteiger partial charge in [0.15, 0.2) is 23.0 Å². The van der Waals surface area contributed by atoms with Gasteiger partial charge in [0.2, 0.25) is 5.95 Å². The second kappa shape index (κ2) is 8.00. The molecule has 0 aromatic carbocycles. The summed E-state index contributed by atoms with van der Waals surface area (Å²) in [7, 11) is 1.82. The van der Waals surface area contributed by atoms with E-state index in [1.807, 2.05) is 13.1 Å². The number of aromatic nitrogens is 8. The number of pyridine rings is 1. The third-order valence-corrected chi connectivity index (χ3v) is 5.69. The summed E-state index contributed by atoms with van der Waals surface area (Å²) in [4.78, 5) is 13.1. The number of fused-ring (bicyclic) bond motifs is 2. The van der Waals surface area contributed by atoms with Gasteiger partial charge in [0, 0.05) is 36.6 Å². The van der Waals surface area contributed by atoms with Gasteiger partial charge in [-0.3, -0.25) is 9.67 Å². The Labute approximate surface area is 199 Å². The number of nitriles is 1. The molecule has 1 N–H and O–H groups in total. The number of anilines is 2. The molecule has 5 aromatic heterocycles. The predicted molar refractivity (Wildman–Crippen MR) is 126 cm³/mol. The average Bonchev–Trinajstić information content (AvgIpc) is 3.47. The zero-order valence-electron chi connectivity index (χ0n) is 19.0. The van der Waals surface area contributed by atoms with Crippen molar-refractivity contribution in [3.05, 3.63) is 47.8 Å². The Morgan fingerprint density at radius 1 is 1.21 bits per heavy atom. The van der Waals surface area contributed by atoms with Crippen molar-refractivity contribution in [1.29, 1.82) is 5.26 Å². The zero-order valence-corrected chi connectivity index (χ0v) is 19.7. The third kappa shape index (κ3) is 3.68. The highest BCUT2D eigenvalue weighted by atomic mass is 35.5. The number of hydrogen-bond acceptors (Lipinski definition) is 8. The maximum absolute atomic E-state index is 9.16. The molecule has 0 fully saturated rings. The van der Waals surface area contributed by atoms with Crippen LogP contribution in [0.5, 0.6) is 11.5 Å². The minimum Gasteiger partial charge on any atom is -0.450 e. The molecular formula is C22H21ClN10O. The molecule has 5 rings (SSSR count). The first kappa shape index (κ1) is 21.7. The van der Waals surface area contributed by atoms with Crippen molar-refractivity contribution in [1.82, 2.24) is 38.9 Å². The van der Waals surface area contributed by atoms with Crippen LogP contribution < -0.4 is 10.1 Å². The van der Waals surface area contributed by atoms with Gasteiger partial charge < -0.3 is 14.6 Å². The lowest BCUT2D eigenvalue weighted by Crippen LogP contribution is -2.18. The average molecular weight is 477 g/mol. The van der Waals surface area contributed by atoms with Crippen LogP contribution in [-0.4, -0.2) is 38.9 Å². The molecular weight excluding hydrogens is 456 g/mol. The highest BCUT2D eigenvalue weighted by molar-refractivity contribution is 6.36. The number of rotatable bonds is 5. The zero-order chi connectivity index (χ0) is 24.0. The molecule has 5 heterocycles. The third-order valence-electron chi connectivity index (χ3n) is 5.32. The summed E-state index contributed by atoms with van der Waals surface area (Å²) in [6, 6.07) is 4.07. The van der Waals surface area contributed by atoms with Gasteiger partial charge in [-0.15, -0.1) is 0 Å². The van der Waals surface area contributed by atoms with E-state index >= 15 is 0 Å². The van der Waals surface area contributed by atoms with Crippen LogP contribution in [0.1, 0.15) is 26.5 Å². The van der Waals surface area contributed by atoms with Gasteiger partial charge in [-0.2, -0.15) is 20.4 Å². The fraction of sp³-hybridized carbons (Fsp3) is 0.273. The van der Waals surface area contributed by atoms with Crippen LogP contribution in [0.3, 0.4) is 0 Å². The summed E-state index contributed by atoms with van der Waals surface area (Å²) in [6.07, 6.45) is 8.15. The van der Waals surface area contributed by atoms with Crippen LogP contribution in [0.25, 0.3) is 16.7 Å². The van der Waals surface area contributed by atoms with Crippen LogP contribution in [-0.2, 0) is 19.0 Å². The lowest BCUT2D eigenvalue weighted by Gasteiger charge is -2.18. The Kier molecular flexibility index (Phi) is 5.10. The summed E-state index contributed by atoms with van der Waals surface area (Å²) in [6.45, 7) is 6.37. The summed E-state index contributed by atoms with van der Waals surface area (Å²) in [5.74, 6) is 1.96. The molecule has 0 aliphatic carbocycles. The van der Waals surface area contributed by atoms with Crippen LogP contribution in [0.2, 0.25) is 5.02 Å². The Balaban J connectivity index is 1.50. The van der Waals surface area contributed by atoms with Crippen molar-refractivity contribution in [2.24, 2.45) is 7.05 Å². The predicted octanol–water partition coefficient (Wildman–Crippen LogP) is 4.22. The van der Waals surface area contributed by atoms with E-state index in [1.54, 1.807) is 38.6 Å². The summed E-state index contributed by atoms with van der Waals surface area (Å²) >= 11 is 6.71. The van der Waals surface area contributed by atoms with Gasteiger partial charge >= 0.3 is 0 Å². The van der Waals surface area contributed by atoms with Crippen molar-refractivity contribution in [2.75, 3.05) is 5.32 Å². The quantitative estimate of drug-likeness (QED) is 0.400. The minimum absolute atomic E-state index is 0.157. The normalized spacial score (nSPS) is 11.8. The van der Waals surface area contributed by atoms with E-state index in [-0.39, 0.29) is 12.0 Å². The summed E-state index contributed by atoms with van der Waals surface area (Å²) < 4.78 is 11.1. The van der Waals surface area contributed by atoms with Gasteiger partial charge in [0.1, 0.15) is 22.6 Å². The monoisotopic (exact) mass is 476 g/mol. The molecule has 172 valence electrons. The molecule has 0 atom stereocenters. The molecule has 0 bridgehead atoms. The van der Waals surface area contributed by atoms with E-state index in [1.165, 1.54) is 6.20 Å². The van der Waals surface area contributed by atoms with Crippen LogP contribution >= 0.6 is 11.6 Å². The van der Waals surface area contributed by atoms with Crippen LogP contribution in [0, 0.1) is 11.3 Å². The molecule has 0 spiro atoms.